The Labute approximate surface area is 225 Å². The first-order valence-electron chi connectivity index (χ1n) is 11.5. The minimum absolute atomic E-state index is 0.0122. The molecule has 0 aliphatic carbocycles. The fourth-order valence-corrected chi connectivity index (χ4v) is 4.72. The van der Waals surface area contributed by atoms with Crippen LogP contribution in [-0.4, -0.2) is 15.0 Å². The monoisotopic (exact) mass is 558 g/mol. The lowest BCUT2D eigenvalue weighted by molar-refractivity contribution is -0.137. The number of rotatable bonds is 6. The van der Waals surface area contributed by atoms with Crippen LogP contribution in [0.2, 0.25) is 10.0 Å². The van der Waals surface area contributed by atoms with Gasteiger partial charge in [-0.15, -0.1) is 0 Å². The van der Waals surface area contributed by atoms with E-state index in [1.165, 1.54) is 6.20 Å². The summed E-state index contributed by atoms with van der Waals surface area (Å²) in [6.45, 7) is 1.85. The normalized spacial score (nSPS) is 13.4. The molecule has 5 rings (SSSR count). The first kappa shape index (κ1) is 26.0. The molecular weight excluding hydrogens is 539 g/mol. The Morgan fingerprint density at radius 2 is 1.66 bits per heavy atom. The number of H-pyrrole nitrogens is 1. The minimum atomic E-state index is -4.77. The molecule has 1 atom stereocenters. The number of aryl methyl sites for hydroxylation is 1. The highest BCUT2D eigenvalue weighted by Gasteiger charge is 2.40. The number of fused-ring (bicyclic) bond motifs is 1. The van der Waals surface area contributed by atoms with Gasteiger partial charge in [0.25, 0.3) is 0 Å². The lowest BCUT2D eigenvalue weighted by atomic mass is 9.80. The number of anilines is 1. The van der Waals surface area contributed by atoms with Gasteiger partial charge in [0.15, 0.2) is 0 Å². The van der Waals surface area contributed by atoms with Crippen LogP contribution in [0.1, 0.15) is 27.9 Å². The van der Waals surface area contributed by atoms with Crippen molar-refractivity contribution < 1.29 is 17.6 Å². The number of pyridine rings is 1. The Bertz CT molecular complexity index is 1560. The van der Waals surface area contributed by atoms with Crippen molar-refractivity contribution in [2.24, 2.45) is 0 Å². The highest BCUT2D eigenvalue weighted by molar-refractivity contribution is 6.32. The number of aromatic nitrogens is 3. The smallest absolute Gasteiger partial charge is 0.340 e. The van der Waals surface area contributed by atoms with Crippen LogP contribution in [0, 0.1) is 12.7 Å². The second-order valence-electron chi connectivity index (χ2n) is 8.98. The van der Waals surface area contributed by atoms with E-state index < -0.39 is 23.1 Å². The third-order valence-electron chi connectivity index (χ3n) is 6.29. The molecule has 0 unspecified atom stereocenters. The van der Waals surface area contributed by atoms with Crippen molar-refractivity contribution in [1.82, 2.24) is 15.0 Å². The molecule has 4 nitrogen and oxygen atoms in total. The Balaban J connectivity index is 1.78. The zero-order valence-electron chi connectivity index (χ0n) is 19.9. The van der Waals surface area contributed by atoms with Gasteiger partial charge in [-0.25, -0.2) is 9.37 Å². The molecule has 0 aliphatic rings. The average molecular weight is 559 g/mol. The third-order valence-corrected chi connectivity index (χ3v) is 6.92. The Morgan fingerprint density at radius 1 is 0.921 bits per heavy atom. The molecule has 2 N–H and O–H groups in total. The van der Waals surface area contributed by atoms with Crippen LogP contribution in [0.15, 0.2) is 79.0 Å². The van der Waals surface area contributed by atoms with E-state index in [0.29, 0.717) is 32.8 Å². The van der Waals surface area contributed by atoms with Crippen molar-refractivity contribution in [2.45, 2.75) is 25.1 Å². The average Bonchev–Trinajstić information content (AvgIpc) is 3.24. The number of hydrogen-bond donors (Lipinski definition) is 2. The predicted molar refractivity (Wildman–Crippen MR) is 141 cm³/mol. The van der Waals surface area contributed by atoms with E-state index in [9.17, 15) is 17.6 Å². The zero-order valence-corrected chi connectivity index (χ0v) is 21.4. The summed E-state index contributed by atoms with van der Waals surface area (Å²) >= 11 is 12.4. The van der Waals surface area contributed by atoms with Crippen molar-refractivity contribution in [2.75, 3.05) is 5.32 Å². The molecule has 0 aliphatic heterocycles. The van der Waals surface area contributed by atoms with E-state index >= 15 is 0 Å². The van der Waals surface area contributed by atoms with Crippen molar-refractivity contribution >= 4 is 40.2 Å². The summed E-state index contributed by atoms with van der Waals surface area (Å²) in [4.78, 5) is 12.2. The molecule has 2 aromatic heterocycles. The van der Waals surface area contributed by atoms with Crippen molar-refractivity contribution in [3.63, 3.8) is 0 Å². The van der Waals surface area contributed by atoms with Crippen LogP contribution in [0.4, 0.5) is 23.5 Å². The molecule has 0 radical (unpaired) electrons. The molecule has 0 saturated carbocycles. The molecule has 0 saturated heterocycles. The molecule has 5 aromatic rings. The second-order valence-corrected chi connectivity index (χ2v) is 9.83. The Morgan fingerprint density at radius 3 is 2.34 bits per heavy atom. The number of nitrogens with one attached hydrogen (secondary N) is 2. The number of imidazole rings is 1. The largest absolute Gasteiger partial charge is 0.416 e. The van der Waals surface area contributed by atoms with Crippen LogP contribution >= 0.6 is 23.2 Å². The molecule has 2 heterocycles. The number of hydrogen-bond acceptors (Lipinski definition) is 3. The van der Waals surface area contributed by atoms with E-state index in [-0.39, 0.29) is 17.9 Å². The minimum Gasteiger partial charge on any atom is -0.340 e. The highest BCUT2D eigenvalue weighted by atomic mass is 35.5. The van der Waals surface area contributed by atoms with Crippen molar-refractivity contribution in [3.05, 3.63) is 123 Å². The summed E-state index contributed by atoms with van der Waals surface area (Å²) in [5.74, 6) is -0.790. The van der Waals surface area contributed by atoms with Crippen LogP contribution in [0.25, 0.3) is 11.0 Å². The van der Waals surface area contributed by atoms with E-state index in [2.05, 4.69) is 20.3 Å². The highest BCUT2D eigenvalue weighted by Crippen LogP contribution is 2.40. The third kappa shape index (κ3) is 5.19. The van der Waals surface area contributed by atoms with Gasteiger partial charge >= 0.3 is 6.18 Å². The summed E-state index contributed by atoms with van der Waals surface area (Å²) < 4.78 is 56.2. The second kappa shape index (κ2) is 9.93. The van der Waals surface area contributed by atoms with Gasteiger partial charge in [-0.2, -0.15) is 13.2 Å². The van der Waals surface area contributed by atoms with Gasteiger partial charge in [-0.1, -0.05) is 53.5 Å². The number of alkyl halides is 3. The quantitative estimate of drug-likeness (QED) is 0.206. The summed E-state index contributed by atoms with van der Waals surface area (Å²) in [7, 11) is 0. The van der Waals surface area contributed by atoms with E-state index in [4.69, 9.17) is 23.2 Å². The Kier molecular flexibility index (Phi) is 6.79. The summed E-state index contributed by atoms with van der Waals surface area (Å²) in [5.41, 5.74) is 0.540. The molecule has 0 fully saturated rings. The van der Waals surface area contributed by atoms with Gasteiger partial charge in [-0.05, 0) is 66.1 Å². The maximum atomic E-state index is 14.8. The summed E-state index contributed by atoms with van der Waals surface area (Å²) in [6.07, 6.45) is -3.26. The number of halogens is 6. The van der Waals surface area contributed by atoms with Crippen LogP contribution < -0.4 is 5.32 Å². The number of aromatic amines is 1. The standard InChI is InChI=1S/C28H20Cl2F4N4/c1-16-9-23-24(13-22(16)30)37-26(36-23)38-27(14-17-5-3-2-4-6-17,25-8-7-20(29)15-35-25)18-10-19(28(32,33)34)12-21(31)11-18/h2-13,15H,14H2,1H3,(H2,36,37,38)/t27-/m1/s1. The van der Waals surface area contributed by atoms with Crippen LogP contribution in [0.3, 0.4) is 0 Å². The van der Waals surface area contributed by atoms with E-state index in [0.717, 1.165) is 23.3 Å². The van der Waals surface area contributed by atoms with Crippen molar-refractivity contribution in [3.8, 4) is 0 Å². The molecule has 0 bridgehead atoms. The predicted octanol–water partition coefficient (Wildman–Crippen LogP) is 8.33. The zero-order chi connectivity index (χ0) is 27.1. The maximum Gasteiger partial charge on any atom is 0.416 e. The van der Waals surface area contributed by atoms with Crippen molar-refractivity contribution in [1.29, 1.82) is 0 Å². The van der Waals surface area contributed by atoms with Crippen LogP contribution in [-0.2, 0) is 18.1 Å². The fourth-order valence-electron chi connectivity index (χ4n) is 4.45. The van der Waals surface area contributed by atoms with Gasteiger partial charge in [0.2, 0.25) is 5.95 Å². The maximum absolute atomic E-state index is 14.8. The first-order chi connectivity index (χ1) is 18.0. The topological polar surface area (TPSA) is 53.6 Å². The summed E-state index contributed by atoms with van der Waals surface area (Å²) in [6, 6.07) is 18.3. The van der Waals surface area contributed by atoms with E-state index in [1.807, 2.05) is 43.3 Å². The lowest BCUT2D eigenvalue weighted by Gasteiger charge is -2.35. The fraction of sp³-hybridized carbons (Fsp3) is 0.143. The van der Waals surface area contributed by atoms with Gasteiger partial charge in [-0.3, -0.25) is 4.98 Å². The van der Waals surface area contributed by atoms with Gasteiger partial charge in [0.1, 0.15) is 11.4 Å². The molecule has 0 amide bonds. The molecule has 194 valence electrons. The van der Waals surface area contributed by atoms with Crippen LogP contribution in [0.5, 0.6) is 0 Å². The molecule has 38 heavy (non-hydrogen) atoms. The molecule has 3 aromatic carbocycles. The molecule has 10 heteroatoms. The molecule has 0 spiro atoms. The van der Waals surface area contributed by atoms with Gasteiger partial charge in [0.05, 0.1) is 27.3 Å². The van der Waals surface area contributed by atoms with E-state index in [1.54, 1.807) is 18.2 Å². The molecular formula is C28H20Cl2F4N4. The SMILES string of the molecule is Cc1cc2[nH]c(N[C@](Cc3ccccc3)(c3cc(F)cc(C(F)(F)F)c3)c3ccc(Cl)cn3)nc2cc1Cl. The first-order valence-corrected chi connectivity index (χ1v) is 12.3. The Hall–Kier alpha value is -3.62. The number of benzene rings is 3. The summed E-state index contributed by atoms with van der Waals surface area (Å²) in [5, 5.41) is 4.14. The van der Waals surface area contributed by atoms with Gasteiger partial charge < -0.3 is 10.3 Å². The lowest BCUT2D eigenvalue weighted by Crippen LogP contribution is -2.40. The van der Waals surface area contributed by atoms with Gasteiger partial charge in [0, 0.05) is 17.6 Å². The number of nitrogens with zero attached hydrogens (tertiary/aromatic N) is 2.